The van der Waals surface area contributed by atoms with E-state index < -0.39 is 108 Å². The van der Waals surface area contributed by atoms with Gasteiger partial charge in [0.05, 0.1) is 17.4 Å². The van der Waals surface area contributed by atoms with Gasteiger partial charge in [-0.2, -0.15) is 26.3 Å². The van der Waals surface area contributed by atoms with Crippen LogP contribution < -0.4 is 0 Å². The van der Waals surface area contributed by atoms with Gasteiger partial charge < -0.3 is 9.47 Å². The number of carbonyl (C=O) groups excluding carboxylic acids is 1. The van der Waals surface area contributed by atoms with Crippen LogP contribution in [0.1, 0.15) is 81.0 Å². The quantitative estimate of drug-likeness (QED) is 0.125. The molecule has 272 valence electrons. The highest BCUT2D eigenvalue weighted by molar-refractivity contribution is 7.92. The molecule has 0 saturated heterocycles. The van der Waals surface area contributed by atoms with E-state index in [0.717, 1.165) is 42.5 Å². The Morgan fingerprint density at radius 2 is 1.40 bits per heavy atom. The summed E-state index contributed by atoms with van der Waals surface area (Å²) in [7, 11) is -4.67. The molecule has 2 aliphatic carbocycles. The van der Waals surface area contributed by atoms with E-state index in [2.05, 4.69) is 4.74 Å². The normalized spacial score (nSPS) is 20.6. The number of ether oxygens (including phenoxy) is 2. The largest absolute Gasteiger partial charge is 0.460 e. The van der Waals surface area contributed by atoms with Gasteiger partial charge >= 0.3 is 18.3 Å². The van der Waals surface area contributed by atoms with E-state index in [9.17, 15) is 26.4 Å². The molecule has 0 radical (unpaired) electrons. The second kappa shape index (κ2) is 12.9. The van der Waals surface area contributed by atoms with Crippen molar-refractivity contribution in [2.75, 3.05) is 0 Å². The smallest absolute Gasteiger partial charge is 0.430 e. The predicted octanol–water partition coefficient (Wildman–Crippen LogP) is 9.33. The summed E-state index contributed by atoms with van der Waals surface area (Å²) >= 11 is 0. The minimum absolute atomic E-state index is 0.136. The Morgan fingerprint density at radius 1 is 0.840 bits per heavy atom. The zero-order chi connectivity index (χ0) is 37.1. The van der Waals surface area contributed by atoms with Gasteiger partial charge in [-0.15, -0.1) is 0 Å². The molecule has 50 heavy (non-hydrogen) atoms. The van der Waals surface area contributed by atoms with Gasteiger partial charge in [0.2, 0.25) is 0 Å². The molecule has 0 bridgehead atoms. The van der Waals surface area contributed by atoms with Crippen LogP contribution in [0.25, 0.3) is 0 Å². The summed E-state index contributed by atoms with van der Waals surface area (Å²) in [5, 5.41) is 0. The van der Waals surface area contributed by atoms with Crippen LogP contribution in [0.15, 0.2) is 65.6 Å². The third-order valence-electron chi connectivity index (χ3n) is 9.21. The van der Waals surface area contributed by atoms with E-state index in [1.165, 1.54) is 20.8 Å². The summed E-state index contributed by atoms with van der Waals surface area (Å²) in [6.45, 7) is 2.82. The topological polar surface area (TPSA) is 69.7 Å². The van der Waals surface area contributed by atoms with Crippen LogP contribution in [0.3, 0.4) is 0 Å². The molecule has 2 fully saturated rings. The van der Waals surface area contributed by atoms with E-state index in [1.54, 1.807) is 0 Å². The first-order valence-corrected chi connectivity index (χ1v) is 17.1. The second-order valence-electron chi connectivity index (χ2n) is 13.6. The molecule has 0 unspecified atom stereocenters. The predicted molar refractivity (Wildman–Crippen MR) is 162 cm³/mol. The number of esters is 1. The summed E-state index contributed by atoms with van der Waals surface area (Å²) in [4.78, 5) is 12.9. The lowest BCUT2D eigenvalue weighted by molar-refractivity contribution is -0.393. The van der Waals surface area contributed by atoms with E-state index in [-0.39, 0.29) is 18.4 Å². The number of hydrogen-bond donors (Lipinski definition) is 0. The lowest BCUT2D eigenvalue weighted by Crippen LogP contribution is -2.56. The Balaban J connectivity index is 1.75. The number of hydrogen-bond acceptors (Lipinski definition) is 5. The molecule has 2 saturated carbocycles. The van der Waals surface area contributed by atoms with Crippen molar-refractivity contribution in [1.82, 2.24) is 0 Å². The number of benzene rings is 3. The Hall–Kier alpha value is -3.59. The van der Waals surface area contributed by atoms with Crippen LogP contribution in [0.4, 0.5) is 39.5 Å². The van der Waals surface area contributed by atoms with Gasteiger partial charge in [-0.1, -0.05) is 37.1 Å². The van der Waals surface area contributed by atoms with E-state index in [1.807, 2.05) is 0 Å². The van der Waals surface area contributed by atoms with Crippen molar-refractivity contribution in [3.05, 3.63) is 100 Å². The van der Waals surface area contributed by atoms with Crippen molar-refractivity contribution in [2.45, 2.75) is 98.6 Å². The van der Waals surface area contributed by atoms with Crippen LogP contribution in [-0.4, -0.2) is 32.3 Å². The molecule has 0 aliphatic heterocycles. The maximum absolute atomic E-state index is 15.0. The number of halogens is 9. The maximum atomic E-state index is 15.0. The van der Waals surface area contributed by atoms with E-state index >= 15 is 26.3 Å². The monoisotopic (exact) mass is 736 g/mol. The fourth-order valence-electron chi connectivity index (χ4n) is 6.77. The molecule has 3 aromatic carbocycles. The summed E-state index contributed by atoms with van der Waals surface area (Å²) in [6, 6.07) is 7.94. The number of alkyl halides is 6. The summed E-state index contributed by atoms with van der Waals surface area (Å²) in [5.41, 5.74) is -9.59. The number of sulfone groups is 1. The van der Waals surface area contributed by atoms with Gasteiger partial charge in [-0.3, -0.25) is 4.79 Å². The molecular weight excluding hydrogens is 703 g/mol. The molecule has 0 aromatic heterocycles. The second-order valence-corrected chi connectivity index (χ2v) is 15.8. The molecule has 0 spiro atoms. The molecular formula is C35H33F9O5S. The molecule has 2 aliphatic rings. The first kappa shape index (κ1) is 37.7. The molecule has 5 nitrogen and oxygen atoms in total. The molecule has 3 aromatic rings. The van der Waals surface area contributed by atoms with Crippen LogP contribution in [0, 0.1) is 23.4 Å². The third kappa shape index (κ3) is 6.51. The average molecular weight is 737 g/mol. The van der Waals surface area contributed by atoms with Gasteiger partial charge in [0.15, 0.2) is 9.84 Å². The zero-order valence-corrected chi connectivity index (χ0v) is 27.8. The fraction of sp³-hybridized carbons (Fsp3) is 0.457. The molecule has 5 rings (SSSR count). The van der Waals surface area contributed by atoms with Crippen molar-refractivity contribution < 1.29 is 62.2 Å². The fourth-order valence-corrected chi connectivity index (χ4v) is 8.97. The summed E-state index contributed by atoms with van der Waals surface area (Å²) in [6.07, 6.45) is -11.8. The Morgan fingerprint density at radius 3 is 1.92 bits per heavy atom. The van der Waals surface area contributed by atoms with Crippen molar-refractivity contribution in [3.8, 4) is 0 Å². The highest BCUT2D eigenvalue weighted by Crippen LogP contribution is 2.63. The summed E-state index contributed by atoms with van der Waals surface area (Å²) in [5.74, 6) is -6.96. The number of rotatable bonds is 9. The molecule has 0 heterocycles. The third-order valence-corrected chi connectivity index (χ3v) is 11.8. The van der Waals surface area contributed by atoms with Crippen molar-refractivity contribution in [1.29, 1.82) is 0 Å². The van der Waals surface area contributed by atoms with Gasteiger partial charge in [0, 0.05) is 11.1 Å². The highest BCUT2D eigenvalue weighted by atomic mass is 32.2. The Labute approximate surface area is 282 Å². The molecule has 0 amide bonds. The minimum atomic E-state index is -6.24. The van der Waals surface area contributed by atoms with Crippen molar-refractivity contribution in [3.63, 3.8) is 0 Å². The Bertz CT molecular complexity index is 1820. The van der Waals surface area contributed by atoms with Crippen LogP contribution >= 0.6 is 0 Å². The molecule has 0 N–H and O–H groups in total. The van der Waals surface area contributed by atoms with Gasteiger partial charge in [0.25, 0.3) is 5.60 Å². The lowest BCUT2D eigenvalue weighted by Gasteiger charge is -2.39. The SMILES string of the molecule is CC(C)(C)OC(=O)[C@H]1C[C@]1(c1ccc(C(OCc2c(F)cccc2F)(C(F)(F)F)C(F)(F)F)c(C2CCCC2)c1)S(=O)(=O)c1ccc(F)cc1. The van der Waals surface area contributed by atoms with Crippen molar-refractivity contribution in [2.24, 2.45) is 5.92 Å². The van der Waals surface area contributed by atoms with Crippen LogP contribution in [0.5, 0.6) is 0 Å². The standard InChI is InChI=1S/C35H33F9O5S/c1-31(2,3)49-30(45)27-18-32(27,50(46,47)23-14-12-22(36)13-15-23)21-11-16-26(24(17-21)20-7-4-5-8-20)33(34(39,40)41,35(42,43)44)48-19-25-28(37)9-6-10-29(25)38/h6,9-17,20,27H,4-5,7-8,18-19H2,1-3H3/t27-,32-/m1/s1. The van der Waals surface area contributed by atoms with Gasteiger partial charge in [0.1, 0.15) is 27.8 Å². The summed E-state index contributed by atoms with van der Waals surface area (Å²) < 4.78 is 169. The lowest BCUT2D eigenvalue weighted by atomic mass is 9.81. The van der Waals surface area contributed by atoms with E-state index in [4.69, 9.17) is 4.74 Å². The Kier molecular flexibility index (Phi) is 9.70. The van der Waals surface area contributed by atoms with Gasteiger partial charge in [-0.05, 0) is 93.5 Å². The average Bonchev–Trinajstić information content (AvgIpc) is 3.55. The number of carbonyl (C=O) groups is 1. The van der Waals surface area contributed by atoms with Crippen LogP contribution in [-0.2, 0) is 41.1 Å². The van der Waals surface area contributed by atoms with E-state index in [0.29, 0.717) is 31.0 Å². The first-order chi connectivity index (χ1) is 23.1. The highest BCUT2D eigenvalue weighted by Gasteiger charge is 2.75. The van der Waals surface area contributed by atoms with Crippen LogP contribution in [0.2, 0.25) is 0 Å². The molecule has 2 atom stereocenters. The van der Waals surface area contributed by atoms with Gasteiger partial charge in [-0.25, -0.2) is 21.6 Å². The minimum Gasteiger partial charge on any atom is -0.460 e. The molecule has 15 heteroatoms. The first-order valence-electron chi connectivity index (χ1n) is 15.6. The maximum Gasteiger partial charge on any atom is 0.430 e. The van der Waals surface area contributed by atoms with Crippen molar-refractivity contribution >= 4 is 15.8 Å². The zero-order valence-electron chi connectivity index (χ0n) is 27.0.